The normalized spacial score (nSPS) is 18.7. The van der Waals surface area contributed by atoms with Gasteiger partial charge in [-0.1, -0.05) is 48.6 Å². The largest absolute Gasteiger partial charge is 0.508 e. The SMILES string of the molecule is CC1=C(c2cccc(O)c2)C(c2ccc(/C=C\CN3CCN(CCO)CC3)cc2)Oc2ccc(O)cc21. The number of ether oxygens (including phenoxy) is 1. The number of fused-ring (bicyclic) bond motifs is 1. The van der Waals surface area contributed by atoms with Crippen molar-refractivity contribution in [2.45, 2.75) is 13.0 Å². The van der Waals surface area contributed by atoms with Crippen LogP contribution in [0.15, 0.2) is 72.8 Å². The number of aromatic hydroxyl groups is 2. The molecule has 37 heavy (non-hydrogen) atoms. The summed E-state index contributed by atoms with van der Waals surface area (Å²) in [4.78, 5) is 4.73. The first-order valence-electron chi connectivity index (χ1n) is 12.8. The van der Waals surface area contributed by atoms with E-state index in [1.165, 1.54) is 0 Å². The number of phenols is 2. The molecule has 5 rings (SSSR count). The Bertz CT molecular complexity index is 1290. The third kappa shape index (κ3) is 5.72. The van der Waals surface area contributed by atoms with Gasteiger partial charge >= 0.3 is 0 Å². The fraction of sp³-hybridized carbons (Fsp3) is 0.290. The number of nitrogens with zero attached hydrogens (tertiary/aromatic N) is 2. The lowest BCUT2D eigenvalue weighted by molar-refractivity contribution is 0.120. The number of hydrogen-bond donors (Lipinski definition) is 3. The fourth-order valence-electron chi connectivity index (χ4n) is 5.17. The van der Waals surface area contributed by atoms with Gasteiger partial charge in [-0.25, -0.2) is 0 Å². The molecule has 1 unspecified atom stereocenters. The number of aliphatic hydroxyl groups is 1. The van der Waals surface area contributed by atoms with Crippen molar-refractivity contribution in [3.05, 3.63) is 95.1 Å². The van der Waals surface area contributed by atoms with Crippen LogP contribution in [0.2, 0.25) is 0 Å². The fourth-order valence-corrected chi connectivity index (χ4v) is 5.17. The molecule has 0 spiro atoms. The minimum absolute atomic E-state index is 0.193. The second kappa shape index (κ2) is 11.2. The van der Waals surface area contributed by atoms with Crippen molar-refractivity contribution >= 4 is 17.2 Å². The van der Waals surface area contributed by atoms with Gasteiger partial charge in [0, 0.05) is 50.4 Å². The van der Waals surface area contributed by atoms with Gasteiger partial charge < -0.3 is 20.1 Å². The van der Waals surface area contributed by atoms with Gasteiger partial charge in [0.05, 0.1) is 6.61 Å². The molecule has 3 N–H and O–H groups in total. The third-order valence-electron chi connectivity index (χ3n) is 7.23. The average Bonchev–Trinajstić information content (AvgIpc) is 2.90. The molecule has 0 aromatic heterocycles. The molecule has 0 amide bonds. The highest BCUT2D eigenvalue weighted by atomic mass is 16.5. The molecule has 3 aromatic carbocycles. The highest BCUT2D eigenvalue weighted by molar-refractivity contribution is 5.95. The zero-order valence-corrected chi connectivity index (χ0v) is 21.2. The molecule has 0 saturated carbocycles. The maximum Gasteiger partial charge on any atom is 0.150 e. The number of piperazine rings is 1. The monoisotopic (exact) mass is 498 g/mol. The Hall–Kier alpha value is -3.58. The van der Waals surface area contributed by atoms with Crippen LogP contribution in [0.5, 0.6) is 17.2 Å². The summed E-state index contributed by atoms with van der Waals surface area (Å²) in [6.07, 6.45) is 4.02. The molecule has 6 heteroatoms. The van der Waals surface area contributed by atoms with E-state index in [0.717, 1.165) is 78.4 Å². The highest BCUT2D eigenvalue weighted by Gasteiger charge is 2.29. The third-order valence-corrected chi connectivity index (χ3v) is 7.23. The molecule has 0 radical (unpaired) electrons. The summed E-state index contributed by atoms with van der Waals surface area (Å²) in [6, 6.07) is 20.8. The molecule has 1 saturated heterocycles. The minimum atomic E-state index is -0.341. The quantitative estimate of drug-likeness (QED) is 0.435. The summed E-state index contributed by atoms with van der Waals surface area (Å²) in [6.45, 7) is 7.97. The Morgan fingerprint density at radius 3 is 2.35 bits per heavy atom. The van der Waals surface area contributed by atoms with Crippen LogP contribution in [0.4, 0.5) is 0 Å². The van der Waals surface area contributed by atoms with Crippen LogP contribution in [0.1, 0.15) is 35.3 Å². The standard InChI is InChI=1S/C31H34N2O4/c1-22-28-21-27(36)11-12-29(28)37-31(30(22)25-5-2-6-26(35)20-25)24-9-7-23(8-10-24)4-3-13-32-14-16-33(17-15-32)18-19-34/h2-12,20-21,31,34-36H,13-19H2,1H3/b4-3-. The minimum Gasteiger partial charge on any atom is -0.508 e. The van der Waals surface area contributed by atoms with E-state index in [2.05, 4.69) is 46.2 Å². The van der Waals surface area contributed by atoms with E-state index in [9.17, 15) is 10.2 Å². The molecule has 2 aliphatic heterocycles. The van der Waals surface area contributed by atoms with E-state index in [1.807, 2.05) is 19.1 Å². The summed E-state index contributed by atoms with van der Waals surface area (Å²) < 4.78 is 6.48. The van der Waals surface area contributed by atoms with Crippen molar-refractivity contribution in [3.8, 4) is 17.2 Å². The summed E-state index contributed by atoms with van der Waals surface area (Å²) >= 11 is 0. The van der Waals surface area contributed by atoms with Crippen LogP contribution in [0, 0.1) is 0 Å². The maximum atomic E-state index is 10.1. The maximum absolute atomic E-state index is 10.1. The lowest BCUT2D eigenvalue weighted by Gasteiger charge is -2.33. The van der Waals surface area contributed by atoms with Crippen molar-refractivity contribution in [3.63, 3.8) is 0 Å². The van der Waals surface area contributed by atoms with E-state index in [0.29, 0.717) is 0 Å². The van der Waals surface area contributed by atoms with Crippen LogP contribution in [-0.4, -0.2) is 71.0 Å². The van der Waals surface area contributed by atoms with Crippen LogP contribution in [0.3, 0.4) is 0 Å². The van der Waals surface area contributed by atoms with Gasteiger partial charge in [0.25, 0.3) is 0 Å². The number of phenolic OH excluding ortho intramolecular Hbond substituents is 2. The Morgan fingerprint density at radius 2 is 1.62 bits per heavy atom. The highest BCUT2D eigenvalue weighted by Crippen LogP contribution is 2.47. The smallest absolute Gasteiger partial charge is 0.150 e. The predicted molar refractivity (Wildman–Crippen MR) is 148 cm³/mol. The van der Waals surface area contributed by atoms with Gasteiger partial charge in [-0.3, -0.25) is 9.80 Å². The number of hydrogen-bond acceptors (Lipinski definition) is 6. The second-order valence-corrected chi connectivity index (χ2v) is 9.70. The molecule has 1 fully saturated rings. The first-order chi connectivity index (χ1) is 18.0. The number of rotatable bonds is 7. The summed E-state index contributed by atoms with van der Waals surface area (Å²) in [5.74, 6) is 1.12. The average molecular weight is 499 g/mol. The van der Waals surface area contributed by atoms with Crippen LogP contribution < -0.4 is 4.74 Å². The van der Waals surface area contributed by atoms with E-state index in [-0.39, 0.29) is 24.2 Å². The Balaban J connectivity index is 1.35. The first-order valence-corrected chi connectivity index (χ1v) is 12.8. The van der Waals surface area contributed by atoms with Crippen LogP contribution in [0.25, 0.3) is 17.2 Å². The molecule has 0 aliphatic carbocycles. The van der Waals surface area contributed by atoms with Crippen molar-refractivity contribution in [2.24, 2.45) is 0 Å². The predicted octanol–water partition coefficient (Wildman–Crippen LogP) is 4.79. The zero-order valence-electron chi connectivity index (χ0n) is 21.2. The second-order valence-electron chi connectivity index (χ2n) is 9.70. The zero-order chi connectivity index (χ0) is 25.8. The molecule has 6 nitrogen and oxygen atoms in total. The summed E-state index contributed by atoms with van der Waals surface area (Å²) in [5.41, 5.74) is 5.87. The van der Waals surface area contributed by atoms with Crippen molar-refractivity contribution in [1.82, 2.24) is 9.80 Å². The van der Waals surface area contributed by atoms with Crippen LogP contribution >= 0.6 is 0 Å². The Morgan fingerprint density at radius 1 is 0.892 bits per heavy atom. The molecule has 1 atom stereocenters. The molecule has 192 valence electrons. The molecule has 0 bridgehead atoms. The van der Waals surface area contributed by atoms with E-state index in [4.69, 9.17) is 9.84 Å². The van der Waals surface area contributed by atoms with E-state index < -0.39 is 0 Å². The first kappa shape index (κ1) is 25.1. The number of β-amino-alcohol motifs (C(OH)–C–C–N with tert-alkyl or cyclic N) is 1. The summed E-state index contributed by atoms with van der Waals surface area (Å²) in [5, 5.41) is 29.3. The van der Waals surface area contributed by atoms with Gasteiger partial charge in [0.2, 0.25) is 0 Å². The van der Waals surface area contributed by atoms with Gasteiger partial charge in [0.15, 0.2) is 0 Å². The summed E-state index contributed by atoms with van der Waals surface area (Å²) in [7, 11) is 0. The van der Waals surface area contributed by atoms with Crippen LogP contribution in [-0.2, 0) is 0 Å². The van der Waals surface area contributed by atoms with Gasteiger partial charge in [-0.05, 0) is 59.5 Å². The van der Waals surface area contributed by atoms with E-state index in [1.54, 1.807) is 30.3 Å². The van der Waals surface area contributed by atoms with Crippen molar-refractivity contribution < 1.29 is 20.1 Å². The van der Waals surface area contributed by atoms with Gasteiger partial charge in [-0.2, -0.15) is 0 Å². The molecule has 2 heterocycles. The van der Waals surface area contributed by atoms with Crippen molar-refractivity contribution in [2.75, 3.05) is 45.9 Å². The van der Waals surface area contributed by atoms with Gasteiger partial charge in [0.1, 0.15) is 23.4 Å². The van der Waals surface area contributed by atoms with Crippen molar-refractivity contribution in [1.29, 1.82) is 0 Å². The number of allylic oxidation sites excluding steroid dienone is 1. The molecular formula is C31H34N2O4. The Labute approximate surface area is 218 Å². The number of benzene rings is 3. The molecular weight excluding hydrogens is 464 g/mol. The van der Waals surface area contributed by atoms with Gasteiger partial charge in [-0.15, -0.1) is 0 Å². The number of aliphatic hydroxyl groups excluding tert-OH is 1. The lowest BCUT2D eigenvalue weighted by Crippen LogP contribution is -2.47. The molecule has 2 aliphatic rings. The topological polar surface area (TPSA) is 76.4 Å². The lowest BCUT2D eigenvalue weighted by atomic mass is 9.86. The Kier molecular flexibility index (Phi) is 7.60. The van der Waals surface area contributed by atoms with E-state index >= 15 is 0 Å². The molecule has 3 aromatic rings.